The van der Waals surface area contributed by atoms with E-state index >= 15 is 0 Å². The Morgan fingerprint density at radius 2 is 2.29 bits per heavy atom. The maximum atomic E-state index is 11.1. The fourth-order valence-electron chi connectivity index (χ4n) is 1.22. The number of nitrogens with zero attached hydrogens (tertiary/aromatic N) is 1. The maximum absolute atomic E-state index is 11.1. The molecule has 0 aliphatic heterocycles. The van der Waals surface area contributed by atoms with Gasteiger partial charge in [0.2, 0.25) is 6.10 Å². The minimum absolute atomic E-state index is 0.203. The van der Waals surface area contributed by atoms with Crippen LogP contribution in [0.1, 0.15) is 18.6 Å². The normalized spacial score (nSPS) is 11.1. The molecule has 1 rings (SSSR count). The smallest absolute Gasteiger partial charge is 0.497 e. The summed E-state index contributed by atoms with van der Waals surface area (Å²) in [6.07, 6.45) is -1.86. The zero-order valence-electron chi connectivity index (χ0n) is 9.67. The van der Waals surface area contributed by atoms with Crippen molar-refractivity contribution in [3.05, 3.63) is 29.8 Å². The molecule has 0 spiro atoms. The average molecular weight is 235 g/mol. The van der Waals surface area contributed by atoms with Crippen molar-refractivity contribution in [2.75, 3.05) is 13.7 Å². The van der Waals surface area contributed by atoms with Gasteiger partial charge in [-0.25, -0.2) is 4.79 Å². The molecule has 0 N–H and O–H groups in total. The zero-order valence-corrected chi connectivity index (χ0v) is 9.67. The van der Waals surface area contributed by atoms with Crippen LogP contribution >= 0.6 is 0 Å². The first-order valence-electron chi connectivity index (χ1n) is 5.08. The van der Waals surface area contributed by atoms with Crippen molar-refractivity contribution in [2.24, 2.45) is 0 Å². The van der Waals surface area contributed by atoms with E-state index < -0.39 is 12.3 Å². The molecule has 0 saturated heterocycles. The Labute approximate surface area is 99.5 Å². The summed E-state index contributed by atoms with van der Waals surface area (Å²) >= 11 is 0. The Hall–Kier alpha value is -2.22. The Morgan fingerprint density at radius 3 is 2.88 bits per heavy atom. The molecule has 0 fully saturated rings. The first-order chi connectivity index (χ1) is 8.21. The number of nitriles is 1. The van der Waals surface area contributed by atoms with Crippen LogP contribution in [0.25, 0.3) is 0 Å². The van der Waals surface area contributed by atoms with Crippen LogP contribution in [0.2, 0.25) is 0 Å². The van der Waals surface area contributed by atoms with Gasteiger partial charge in [0.15, 0.2) is 0 Å². The molecule has 17 heavy (non-hydrogen) atoms. The zero-order chi connectivity index (χ0) is 12.7. The molecule has 90 valence electrons. The van der Waals surface area contributed by atoms with Crippen LogP contribution in [-0.2, 0) is 9.47 Å². The highest BCUT2D eigenvalue weighted by Gasteiger charge is 2.17. The van der Waals surface area contributed by atoms with Crippen LogP contribution in [0.5, 0.6) is 5.75 Å². The highest BCUT2D eigenvalue weighted by Crippen LogP contribution is 2.21. The summed E-state index contributed by atoms with van der Waals surface area (Å²) in [5.41, 5.74) is 0.542. The molecule has 5 heteroatoms. The number of methoxy groups -OCH3 is 1. The van der Waals surface area contributed by atoms with Gasteiger partial charge in [-0.3, -0.25) is 0 Å². The molecule has 0 bridgehead atoms. The molecule has 0 radical (unpaired) electrons. The first-order valence-corrected chi connectivity index (χ1v) is 5.08. The van der Waals surface area contributed by atoms with Crippen LogP contribution in [0, 0.1) is 11.3 Å². The summed E-state index contributed by atoms with van der Waals surface area (Å²) in [4.78, 5) is 11.1. The monoisotopic (exact) mass is 235 g/mol. The second-order valence-electron chi connectivity index (χ2n) is 3.09. The lowest BCUT2D eigenvalue weighted by Crippen LogP contribution is -2.11. The number of hydrogen-bond donors (Lipinski definition) is 0. The number of benzene rings is 1. The second kappa shape index (κ2) is 6.38. The number of ether oxygens (including phenoxy) is 3. The highest BCUT2D eigenvalue weighted by molar-refractivity contribution is 5.60. The van der Waals surface area contributed by atoms with Crippen LogP contribution < -0.4 is 4.74 Å². The molecule has 0 aliphatic carbocycles. The van der Waals surface area contributed by atoms with Crippen molar-refractivity contribution in [3.8, 4) is 11.8 Å². The van der Waals surface area contributed by atoms with Gasteiger partial charge >= 0.3 is 6.16 Å². The third kappa shape index (κ3) is 3.68. The Balaban J connectivity index is 2.79. The Morgan fingerprint density at radius 1 is 1.53 bits per heavy atom. The van der Waals surface area contributed by atoms with Gasteiger partial charge in [-0.1, -0.05) is 12.1 Å². The Bertz CT molecular complexity index is 425. The number of carbonyl (C=O) groups excluding carboxylic acids is 1. The molecular weight excluding hydrogens is 222 g/mol. The molecular formula is C12H13NO4. The fraction of sp³-hybridized carbons (Fsp3) is 0.333. The minimum Gasteiger partial charge on any atom is -0.497 e. The van der Waals surface area contributed by atoms with E-state index in [9.17, 15) is 4.79 Å². The molecule has 0 aliphatic rings. The van der Waals surface area contributed by atoms with E-state index in [4.69, 9.17) is 14.7 Å². The van der Waals surface area contributed by atoms with Crippen molar-refractivity contribution >= 4 is 6.16 Å². The van der Waals surface area contributed by atoms with Crippen molar-refractivity contribution in [3.63, 3.8) is 0 Å². The van der Waals surface area contributed by atoms with Crippen LogP contribution in [0.15, 0.2) is 24.3 Å². The van der Waals surface area contributed by atoms with Crippen molar-refractivity contribution in [2.45, 2.75) is 13.0 Å². The molecule has 1 aromatic carbocycles. The summed E-state index contributed by atoms with van der Waals surface area (Å²) in [5, 5.41) is 8.94. The molecule has 1 unspecified atom stereocenters. The molecule has 1 atom stereocenters. The van der Waals surface area contributed by atoms with Gasteiger partial charge < -0.3 is 14.2 Å². The standard InChI is InChI=1S/C12H13NO4/c1-3-16-12(14)17-11(8-13)9-5-4-6-10(7-9)15-2/h4-7,11H,3H2,1-2H3. The predicted molar refractivity (Wildman–Crippen MR) is 59.5 cm³/mol. The lowest BCUT2D eigenvalue weighted by atomic mass is 10.1. The Kier molecular flexibility index (Phi) is 4.82. The van der Waals surface area contributed by atoms with Crippen LogP contribution in [0.4, 0.5) is 4.79 Å². The maximum Gasteiger partial charge on any atom is 0.509 e. The second-order valence-corrected chi connectivity index (χ2v) is 3.09. The summed E-state index contributed by atoms with van der Waals surface area (Å²) in [6, 6.07) is 8.64. The van der Waals surface area contributed by atoms with E-state index in [-0.39, 0.29) is 6.61 Å². The van der Waals surface area contributed by atoms with E-state index in [1.54, 1.807) is 31.2 Å². The lowest BCUT2D eigenvalue weighted by Gasteiger charge is -2.11. The first kappa shape index (κ1) is 12.8. The minimum atomic E-state index is -0.996. The summed E-state index contributed by atoms with van der Waals surface area (Å²) in [7, 11) is 1.52. The summed E-state index contributed by atoms with van der Waals surface area (Å²) in [5.74, 6) is 0.593. The molecule has 5 nitrogen and oxygen atoms in total. The predicted octanol–water partition coefficient (Wildman–Crippen LogP) is 2.43. The van der Waals surface area contributed by atoms with Crippen LogP contribution in [0.3, 0.4) is 0 Å². The van der Waals surface area contributed by atoms with Gasteiger partial charge in [0, 0.05) is 5.56 Å². The number of hydrogen-bond acceptors (Lipinski definition) is 5. The largest absolute Gasteiger partial charge is 0.509 e. The SMILES string of the molecule is CCOC(=O)OC(C#N)c1cccc(OC)c1. The molecule has 0 saturated carbocycles. The van der Waals surface area contributed by atoms with E-state index in [1.165, 1.54) is 7.11 Å². The summed E-state index contributed by atoms with van der Waals surface area (Å²) in [6.45, 7) is 1.86. The van der Waals surface area contributed by atoms with Crippen molar-refractivity contribution in [1.29, 1.82) is 5.26 Å². The molecule has 0 heterocycles. The van der Waals surface area contributed by atoms with Gasteiger partial charge in [-0.2, -0.15) is 5.26 Å². The lowest BCUT2D eigenvalue weighted by molar-refractivity contribution is 0.0420. The van der Waals surface area contributed by atoms with Gasteiger partial charge in [0.05, 0.1) is 13.7 Å². The summed E-state index contributed by atoms with van der Waals surface area (Å²) < 4.78 is 14.5. The fourth-order valence-corrected chi connectivity index (χ4v) is 1.22. The number of rotatable bonds is 4. The highest BCUT2D eigenvalue weighted by atomic mass is 16.7. The van der Waals surface area contributed by atoms with Gasteiger partial charge in [-0.05, 0) is 19.1 Å². The van der Waals surface area contributed by atoms with Gasteiger partial charge in [-0.15, -0.1) is 0 Å². The van der Waals surface area contributed by atoms with Crippen molar-refractivity contribution in [1.82, 2.24) is 0 Å². The van der Waals surface area contributed by atoms with E-state index in [1.807, 2.05) is 6.07 Å². The average Bonchev–Trinajstić information content (AvgIpc) is 2.36. The third-order valence-corrected chi connectivity index (χ3v) is 1.99. The molecule has 1 aromatic rings. The van der Waals surface area contributed by atoms with E-state index in [0.29, 0.717) is 11.3 Å². The topological polar surface area (TPSA) is 68.5 Å². The van der Waals surface area contributed by atoms with E-state index in [0.717, 1.165) is 0 Å². The molecule has 0 aromatic heterocycles. The van der Waals surface area contributed by atoms with E-state index in [2.05, 4.69) is 4.74 Å². The third-order valence-electron chi connectivity index (χ3n) is 1.99. The number of carbonyl (C=O) groups is 1. The quantitative estimate of drug-likeness (QED) is 0.749. The van der Waals surface area contributed by atoms with Gasteiger partial charge in [0.1, 0.15) is 11.8 Å². The van der Waals surface area contributed by atoms with Crippen LogP contribution in [-0.4, -0.2) is 19.9 Å². The van der Waals surface area contributed by atoms with Crippen molar-refractivity contribution < 1.29 is 19.0 Å². The van der Waals surface area contributed by atoms with Gasteiger partial charge in [0.25, 0.3) is 0 Å². The molecule has 0 amide bonds.